The molecular formula is C3H5NO2. The molecule has 1 fully saturated rings. The largest absolute Gasteiger partial charge is 0.426 e. The second-order valence-electron chi connectivity index (χ2n) is 1.19. The van der Waals surface area contributed by atoms with Gasteiger partial charge in [-0.25, -0.2) is 4.79 Å². The van der Waals surface area contributed by atoms with Gasteiger partial charge in [-0.2, -0.15) is 0 Å². The highest BCUT2D eigenvalue weighted by atomic mass is 16.6. The molecule has 3 nitrogen and oxygen atoms in total. The van der Waals surface area contributed by atoms with Gasteiger partial charge in [0.05, 0.1) is 0 Å². The third-order valence-electron chi connectivity index (χ3n) is 0.605. The molecule has 0 aromatic rings. The van der Waals surface area contributed by atoms with Crippen LogP contribution in [0.2, 0.25) is 0 Å². The van der Waals surface area contributed by atoms with E-state index in [1.807, 2.05) is 0 Å². The minimum Gasteiger partial charge on any atom is -0.426 e. The Bertz CT molecular complexity index is 72.9. The van der Waals surface area contributed by atoms with Crippen LogP contribution >= 0.6 is 0 Å². The average molecular weight is 87.1 g/mol. The summed E-state index contributed by atoms with van der Waals surface area (Å²) in [6, 6.07) is 0. The topological polar surface area (TPSA) is 38.3 Å². The summed E-state index contributed by atoms with van der Waals surface area (Å²) >= 11 is 0. The standard InChI is InChI=1S/C3H5NO2/c1-2-4-3(5)6-2/h2H,1H3,(H,4,5). The summed E-state index contributed by atoms with van der Waals surface area (Å²) in [7, 11) is 0. The molecule has 1 aliphatic rings. The van der Waals surface area contributed by atoms with Crippen LogP contribution in [0.25, 0.3) is 0 Å². The molecule has 0 radical (unpaired) electrons. The zero-order valence-electron chi connectivity index (χ0n) is 3.39. The SMILES string of the molecule is CC1NC(=O)O1. The first-order valence-electron chi connectivity index (χ1n) is 1.76. The Labute approximate surface area is 35.3 Å². The zero-order chi connectivity index (χ0) is 4.57. The van der Waals surface area contributed by atoms with Crippen molar-refractivity contribution in [3.8, 4) is 0 Å². The molecule has 1 amide bonds. The Hall–Kier alpha value is -0.730. The first kappa shape index (κ1) is 3.46. The lowest BCUT2D eigenvalue weighted by atomic mass is 10.6. The highest BCUT2D eigenvalue weighted by Crippen LogP contribution is 1.96. The summed E-state index contributed by atoms with van der Waals surface area (Å²) < 4.78 is 4.39. The van der Waals surface area contributed by atoms with Gasteiger partial charge in [0.1, 0.15) is 0 Å². The smallest absolute Gasteiger partial charge is 0.411 e. The summed E-state index contributed by atoms with van der Waals surface area (Å²) in [5.74, 6) is 0. The van der Waals surface area contributed by atoms with Crippen molar-refractivity contribution in [1.29, 1.82) is 0 Å². The Morgan fingerprint density at radius 3 is 2.50 bits per heavy atom. The molecule has 1 unspecified atom stereocenters. The Kier molecular flexibility index (Phi) is 0.498. The Morgan fingerprint density at radius 2 is 2.50 bits per heavy atom. The fourth-order valence-corrected chi connectivity index (χ4v) is 0.332. The molecular weight excluding hydrogens is 82.0 g/mol. The van der Waals surface area contributed by atoms with Crippen LogP contribution in [0, 0.1) is 0 Å². The van der Waals surface area contributed by atoms with Crippen LogP contribution in [-0.2, 0) is 4.74 Å². The number of carbonyl (C=O) groups is 1. The van der Waals surface area contributed by atoms with Crippen molar-refractivity contribution >= 4 is 6.09 Å². The van der Waals surface area contributed by atoms with Crippen molar-refractivity contribution < 1.29 is 9.53 Å². The van der Waals surface area contributed by atoms with Gasteiger partial charge in [0, 0.05) is 0 Å². The van der Waals surface area contributed by atoms with E-state index in [0.29, 0.717) is 0 Å². The van der Waals surface area contributed by atoms with Gasteiger partial charge in [-0.1, -0.05) is 0 Å². The van der Waals surface area contributed by atoms with Crippen molar-refractivity contribution in [3.63, 3.8) is 0 Å². The number of hydrogen-bond acceptors (Lipinski definition) is 2. The van der Waals surface area contributed by atoms with Crippen LogP contribution in [-0.4, -0.2) is 12.3 Å². The fourth-order valence-electron chi connectivity index (χ4n) is 0.332. The molecule has 1 saturated heterocycles. The van der Waals surface area contributed by atoms with Gasteiger partial charge in [0.15, 0.2) is 6.23 Å². The van der Waals surface area contributed by atoms with Crippen LogP contribution in [0.5, 0.6) is 0 Å². The predicted molar refractivity (Wildman–Crippen MR) is 19.1 cm³/mol. The van der Waals surface area contributed by atoms with Crippen LogP contribution < -0.4 is 5.32 Å². The average Bonchev–Trinajstić information content (AvgIpc) is 1.33. The lowest BCUT2D eigenvalue weighted by Crippen LogP contribution is -2.48. The molecule has 0 bridgehead atoms. The number of cyclic esters (lactones) is 1. The van der Waals surface area contributed by atoms with Crippen molar-refractivity contribution in [2.45, 2.75) is 13.2 Å². The maximum absolute atomic E-state index is 9.78. The number of nitrogens with one attached hydrogen (secondary N) is 1. The van der Waals surface area contributed by atoms with Crippen LogP contribution in [0.4, 0.5) is 4.79 Å². The van der Waals surface area contributed by atoms with Gasteiger partial charge in [0.25, 0.3) is 0 Å². The summed E-state index contributed by atoms with van der Waals surface area (Å²) in [5, 5.41) is 2.44. The maximum atomic E-state index is 9.78. The quantitative estimate of drug-likeness (QED) is 0.454. The molecule has 1 rings (SSSR count). The molecule has 6 heavy (non-hydrogen) atoms. The number of carbonyl (C=O) groups excluding carboxylic acids is 1. The Balaban J connectivity index is 2.28. The van der Waals surface area contributed by atoms with Gasteiger partial charge in [-0.15, -0.1) is 0 Å². The molecule has 0 aliphatic carbocycles. The highest BCUT2D eigenvalue weighted by Gasteiger charge is 2.20. The van der Waals surface area contributed by atoms with E-state index in [-0.39, 0.29) is 12.3 Å². The summed E-state index contributed by atoms with van der Waals surface area (Å²) in [6.07, 6.45) is -0.375. The van der Waals surface area contributed by atoms with E-state index in [4.69, 9.17) is 0 Å². The van der Waals surface area contributed by atoms with E-state index in [2.05, 4.69) is 10.1 Å². The summed E-state index contributed by atoms with van der Waals surface area (Å²) in [6.45, 7) is 1.77. The van der Waals surface area contributed by atoms with E-state index < -0.39 is 0 Å². The second-order valence-corrected chi connectivity index (χ2v) is 1.19. The third kappa shape index (κ3) is 0.319. The minimum absolute atomic E-state index is 0.0579. The van der Waals surface area contributed by atoms with Gasteiger partial charge in [-0.05, 0) is 6.92 Å². The molecule has 1 atom stereocenters. The fraction of sp³-hybridized carbons (Fsp3) is 0.667. The van der Waals surface area contributed by atoms with Crippen LogP contribution in [0.15, 0.2) is 0 Å². The molecule has 34 valence electrons. The van der Waals surface area contributed by atoms with E-state index in [1.54, 1.807) is 6.92 Å². The Morgan fingerprint density at radius 1 is 2.00 bits per heavy atom. The van der Waals surface area contributed by atoms with Crippen LogP contribution in [0.1, 0.15) is 6.92 Å². The van der Waals surface area contributed by atoms with Crippen molar-refractivity contribution in [3.05, 3.63) is 0 Å². The highest BCUT2D eigenvalue weighted by molar-refractivity contribution is 5.71. The van der Waals surface area contributed by atoms with Gasteiger partial charge in [0.2, 0.25) is 0 Å². The first-order chi connectivity index (χ1) is 2.79. The number of rotatable bonds is 0. The summed E-state index contributed by atoms with van der Waals surface area (Å²) in [4.78, 5) is 9.78. The number of hydrogen-bond donors (Lipinski definition) is 1. The van der Waals surface area contributed by atoms with E-state index in [0.717, 1.165) is 0 Å². The molecule has 0 aromatic heterocycles. The maximum Gasteiger partial charge on any atom is 0.411 e. The number of amides is 1. The zero-order valence-corrected chi connectivity index (χ0v) is 3.39. The monoisotopic (exact) mass is 87.0 g/mol. The van der Waals surface area contributed by atoms with Crippen molar-refractivity contribution in [1.82, 2.24) is 5.32 Å². The number of ether oxygens (including phenoxy) is 1. The van der Waals surface area contributed by atoms with E-state index in [9.17, 15) is 4.79 Å². The van der Waals surface area contributed by atoms with Gasteiger partial charge >= 0.3 is 6.09 Å². The first-order valence-corrected chi connectivity index (χ1v) is 1.76. The molecule has 0 aromatic carbocycles. The van der Waals surface area contributed by atoms with Crippen molar-refractivity contribution in [2.75, 3.05) is 0 Å². The van der Waals surface area contributed by atoms with E-state index >= 15 is 0 Å². The lowest BCUT2D eigenvalue weighted by Gasteiger charge is -2.22. The normalized spacial score (nSPS) is 30.2. The predicted octanol–water partition coefficient (Wildman–Crippen LogP) is 0.0722. The molecule has 1 aliphatic heterocycles. The van der Waals surface area contributed by atoms with Gasteiger partial charge < -0.3 is 4.74 Å². The van der Waals surface area contributed by atoms with Crippen molar-refractivity contribution in [2.24, 2.45) is 0 Å². The molecule has 1 heterocycles. The molecule has 0 saturated carbocycles. The molecule has 1 N–H and O–H groups in total. The lowest BCUT2D eigenvalue weighted by molar-refractivity contribution is 0.0250. The molecule has 0 spiro atoms. The summed E-state index contributed by atoms with van der Waals surface area (Å²) in [5.41, 5.74) is 0. The second kappa shape index (κ2) is 0.864. The minimum atomic E-state index is -0.317. The van der Waals surface area contributed by atoms with E-state index in [1.165, 1.54) is 0 Å². The molecule has 3 heteroatoms. The van der Waals surface area contributed by atoms with Gasteiger partial charge in [-0.3, -0.25) is 5.32 Å². The van der Waals surface area contributed by atoms with Crippen LogP contribution in [0.3, 0.4) is 0 Å². The third-order valence-corrected chi connectivity index (χ3v) is 0.605.